The Hall–Kier alpha value is -2.86. The maximum atomic E-state index is 12.6. The molecule has 1 N–H and O–H groups in total. The van der Waals surface area contributed by atoms with Crippen LogP contribution < -0.4 is 9.47 Å². The fourth-order valence-corrected chi connectivity index (χ4v) is 2.81. The van der Waals surface area contributed by atoms with Crippen molar-refractivity contribution in [1.82, 2.24) is 0 Å². The van der Waals surface area contributed by atoms with E-state index in [4.69, 9.17) is 14.2 Å². The first-order chi connectivity index (χ1) is 13.6. The number of ketones is 1. The van der Waals surface area contributed by atoms with Crippen LogP contribution in [0.3, 0.4) is 0 Å². The third kappa shape index (κ3) is 6.61. The number of Topliss-reactive ketones (excluding diaryl/α,β-unsaturated/α-hetero) is 1. The molecule has 2 rings (SSSR count). The molecular formula is C23H28O6. The van der Waals surface area contributed by atoms with Crippen LogP contribution in [0.25, 0.3) is 0 Å². The summed E-state index contributed by atoms with van der Waals surface area (Å²) in [5.41, 5.74) is 1.10. The minimum atomic E-state index is -0.860. The van der Waals surface area contributed by atoms with Crippen molar-refractivity contribution in [2.24, 2.45) is 0 Å². The zero-order valence-corrected chi connectivity index (χ0v) is 17.5. The van der Waals surface area contributed by atoms with E-state index in [-0.39, 0.29) is 12.2 Å². The molecule has 0 amide bonds. The summed E-state index contributed by atoms with van der Waals surface area (Å²) >= 11 is 0. The molecule has 1 atom stereocenters. The molecule has 156 valence electrons. The van der Waals surface area contributed by atoms with Crippen molar-refractivity contribution in [3.05, 3.63) is 59.2 Å². The summed E-state index contributed by atoms with van der Waals surface area (Å²) in [6, 6.07) is 11.8. The first kappa shape index (κ1) is 22.4. The Kier molecular flexibility index (Phi) is 7.40. The van der Waals surface area contributed by atoms with Gasteiger partial charge in [-0.3, -0.25) is 4.79 Å². The van der Waals surface area contributed by atoms with Crippen molar-refractivity contribution in [2.45, 2.75) is 45.3 Å². The second-order valence-electron chi connectivity index (χ2n) is 7.75. The van der Waals surface area contributed by atoms with Crippen molar-refractivity contribution < 1.29 is 28.9 Å². The van der Waals surface area contributed by atoms with Gasteiger partial charge in [-0.1, -0.05) is 12.1 Å². The van der Waals surface area contributed by atoms with Gasteiger partial charge >= 0.3 is 5.97 Å². The minimum Gasteiger partial charge on any atom is -0.497 e. The van der Waals surface area contributed by atoms with Gasteiger partial charge in [-0.15, -0.1) is 0 Å². The molecule has 0 saturated carbocycles. The quantitative estimate of drug-likeness (QED) is 0.536. The third-order valence-electron chi connectivity index (χ3n) is 4.19. The number of rotatable bonds is 8. The SMILES string of the molecule is COc1ccc(C(=O)CC(O)Cc2ccc(C(=O)OC(C)(C)C)cc2)c(OC)c1. The van der Waals surface area contributed by atoms with Crippen LogP contribution in [0.4, 0.5) is 0 Å². The van der Waals surface area contributed by atoms with Gasteiger partial charge in [0.1, 0.15) is 17.1 Å². The molecule has 0 aliphatic rings. The fourth-order valence-electron chi connectivity index (χ4n) is 2.81. The Bertz CT molecular complexity index is 849. The number of ether oxygens (including phenoxy) is 3. The number of hydrogen-bond donors (Lipinski definition) is 1. The van der Waals surface area contributed by atoms with Crippen LogP contribution in [-0.4, -0.2) is 42.8 Å². The lowest BCUT2D eigenvalue weighted by molar-refractivity contribution is 0.00694. The zero-order valence-electron chi connectivity index (χ0n) is 17.5. The number of esters is 1. The topological polar surface area (TPSA) is 82.1 Å². The number of carbonyl (C=O) groups is 2. The fraction of sp³-hybridized carbons (Fsp3) is 0.391. The van der Waals surface area contributed by atoms with E-state index in [0.29, 0.717) is 29.0 Å². The number of aliphatic hydroxyl groups excluding tert-OH is 1. The molecule has 0 bridgehead atoms. The van der Waals surface area contributed by atoms with Gasteiger partial charge in [0.2, 0.25) is 0 Å². The van der Waals surface area contributed by atoms with E-state index >= 15 is 0 Å². The molecule has 0 fully saturated rings. The number of aliphatic hydroxyl groups is 1. The molecule has 29 heavy (non-hydrogen) atoms. The summed E-state index contributed by atoms with van der Waals surface area (Å²) in [6.45, 7) is 5.43. The molecule has 1 unspecified atom stereocenters. The van der Waals surface area contributed by atoms with E-state index < -0.39 is 17.7 Å². The average molecular weight is 400 g/mol. The Morgan fingerprint density at radius 1 is 1.00 bits per heavy atom. The molecule has 0 saturated heterocycles. The molecule has 0 aliphatic heterocycles. The predicted molar refractivity (Wildman–Crippen MR) is 110 cm³/mol. The van der Waals surface area contributed by atoms with Crippen LogP contribution in [0.5, 0.6) is 11.5 Å². The van der Waals surface area contributed by atoms with E-state index in [1.807, 2.05) is 20.8 Å². The second kappa shape index (κ2) is 9.56. The summed E-state index contributed by atoms with van der Waals surface area (Å²) in [5.74, 6) is 0.376. The van der Waals surface area contributed by atoms with E-state index in [2.05, 4.69) is 0 Å². The smallest absolute Gasteiger partial charge is 0.338 e. The summed E-state index contributed by atoms with van der Waals surface area (Å²) in [6.07, 6.45) is -0.614. The standard InChI is InChI=1S/C23H28O6/c1-23(2,3)29-22(26)16-8-6-15(7-9-16)12-17(24)13-20(25)19-11-10-18(27-4)14-21(19)28-5/h6-11,14,17,24H,12-13H2,1-5H3. The minimum absolute atomic E-state index is 0.0451. The number of methoxy groups -OCH3 is 2. The van der Waals surface area contributed by atoms with Crippen molar-refractivity contribution >= 4 is 11.8 Å². The van der Waals surface area contributed by atoms with E-state index in [1.165, 1.54) is 14.2 Å². The summed E-state index contributed by atoms with van der Waals surface area (Å²) in [4.78, 5) is 24.6. The Labute approximate surface area is 171 Å². The predicted octanol–water partition coefficient (Wildman–Crippen LogP) is 3.84. The first-order valence-corrected chi connectivity index (χ1v) is 9.38. The summed E-state index contributed by atoms with van der Waals surface area (Å²) < 4.78 is 15.7. The lowest BCUT2D eigenvalue weighted by atomic mass is 9.99. The molecule has 0 radical (unpaired) electrons. The Morgan fingerprint density at radius 3 is 2.21 bits per heavy atom. The number of carbonyl (C=O) groups excluding carboxylic acids is 2. The molecule has 0 aliphatic carbocycles. The molecular weight excluding hydrogens is 372 g/mol. The van der Waals surface area contributed by atoms with Crippen LogP contribution in [0.15, 0.2) is 42.5 Å². The Morgan fingerprint density at radius 2 is 1.66 bits per heavy atom. The normalized spacial score (nSPS) is 12.2. The van der Waals surface area contributed by atoms with Crippen molar-refractivity contribution in [2.75, 3.05) is 14.2 Å². The number of benzene rings is 2. The van der Waals surface area contributed by atoms with E-state index in [1.54, 1.807) is 42.5 Å². The van der Waals surface area contributed by atoms with Crippen molar-refractivity contribution in [3.8, 4) is 11.5 Å². The van der Waals surface area contributed by atoms with Crippen molar-refractivity contribution in [1.29, 1.82) is 0 Å². The monoisotopic (exact) mass is 400 g/mol. The largest absolute Gasteiger partial charge is 0.497 e. The molecule has 0 spiro atoms. The highest BCUT2D eigenvalue weighted by atomic mass is 16.6. The molecule has 2 aromatic carbocycles. The van der Waals surface area contributed by atoms with E-state index in [9.17, 15) is 14.7 Å². The highest BCUT2D eigenvalue weighted by Crippen LogP contribution is 2.26. The lowest BCUT2D eigenvalue weighted by Gasteiger charge is -2.19. The summed E-state index contributed by atoms with van der Waals surface area (Å²) in [7, 11) is 3.02. The van der Waals surface area contributed by atoms with Gasteiger partial charge in [0.15, 0.2) is 5.78 Å². The van der Waals surface area contributed by atoms with Gasteiger partial charge in [-0.2, -0.15) is 0 Å². The van der Waals surface area contributed by atoms with Crippen LogP contribution in [-0.2, 0) is 11.2 Å². The zero-order chi connectivity index (χ0) is 21.6. The maximum Gasteiger partial charge on any atom is 0.338 e. The van der Waals surface area contributed by atoms with Crippen LogP contribution >= 0.6 is 0 Å². The molecule has 0 heterocycles. The van der Waals surface area contributed by atoms with Crippen LogP contribution in [0, 0.1) is 0 Å². The molecule has 2 aromatic rings. The van der Waals surface area contributed by atoms with Crippen LogP contribution in [0.1, 0.15) is 53.5 Å². The second-order valence-corrected chi connectivity index (χ2v) is 7.75. The van der Waals surface area contributed by atoms with Gasteiger partial charge in [0.25, 0.3) is 0 Å². The highest BCUT2D eigenvalue weighted by Gasteiger charge is 2.19. The summed E-state index contributed by atoms with van der Waals surface area (Å²) in [5, 5.41) is 10.4. The average Bonchev–Trinajstić information content (AvgIpc) is 2.66. The molecule has 6 heteroatoms. The van der Waals surface area contributed by atoms with Gasteiger partial charge in [0, 0.05) is 12.5 Å². The van der Waals surface area contributed by atoms with Gasteiger partial charge in [-0.05, 0) is 57.0 Å². The lowest BCUT2D eigenvalue weighted by Crippen LogP contribution is -2.23. The number of hydrogen-bond acceptors (Lipinski definition) is 6. The maximum absolute atomic E-state index is 12.6. The third-order valence-corrected chi connectivity index (χ3v) is 4.19. The van der Waals surface area contributed by atoms with Crippen molar-refractivity contribution in [3.63, 3.8) is 0 Å². The van der Waals surface area contributed by atoms with Gasteiger partial charge in [-0.25, -0.2) is 4.79 Å². The molecule has 6 nitrogen and oxygen atoms in total. The Balaban J connectivity index is 1.99. The van der Waals surface area contributed by atoms with Crippen LogP contribution in [0.2, 0.25) is 0 Å². The molecule has 0 aromatic heterocycles. The highest BCUT2D eigenvalue weighted by molar-refractivity contribution is 5.99. The van der Waals surface area contributed by atoms with Gasteiger partial charge < -0.3 is 19.3 Å². The first-order valence-electron chi connectivity index (χ1n) is 9.38. The van der Waals surface area contributed by atoms with Gasteiger partial charge in [0.05, 0.1) is 31.5 Å². The van der Waals surface area contributed by atoms with E-state index in [0.717, 1.165) is 5.56 Å².